The zero-order chi connectivity index (χ0) is 28.5. The Kier molecular flexibility index (Phi) is 7.33. The number of rotatable bonds is 8. The van der Waals surface area contributed by atoms with Gasteiger partial charge in [0.15, 0.2) is 0 Å². The van der Waals surface area contributed by atoms with Gasteiger partial charge in [-0.25, -0.2) is 5.01 Å². The predicted molar refractivity (Wildman–Crippen MR) is 154 cm³/mol. The molecule has 9 nitrogen and oxygen atoms in total. The van der Waals surface area contributed by atoms with Crippen LogP contribution in [0.4, 0.5) is 0 Å². The summed E-state index contributed by atoms with van der Waals surface area (Å²) < 4.78 is 6.15. The van der Waals surface area contributed by atoms with Gasteiger partial charge in [0.1, 0.15) is 23.8 Å². The van der Waals surface area contributed by atoms with Gasteiger partial charge in [0.05, 0.1) is 11.3 Å². The normalized spacial score (nSPS) is 19.7. The molecule has 0 aliphatic carbocycles. The lowest BCUT2D eigenvalue weighted by molar-refractivity contribution is -0.143. The Morgan fingerprint density at radius 3 is 2.52 bits per heavy atom. The standard InChI is InChI=1S/C31H35N5O4/c1-30(2,32)28(38)33-24(19-40-25-15-9-13-22-12-7-8-14-23(22)25)27(37)36-17-16-26-31(20-36,29(39)35(3)34-26)18-21-10-5-4-6-11-21/h4-15,24H,16-20,32H2,1-3H3,(H,33,38). The van der Waals surface area contributed by atoms with E-state index in [-0.39, 0.29) is 25.0 Å². The van der Waals surface area contributed by atoms with Crippen molar-refractivity contribution in [3.63, 3.8) is 0 Å². The lowest BCUT2D eigenvalue weighted by Gasteiger charge is -2.40. The van der Waals surface area contributed by atoms with Crippen LogP contribution in [0, 0.1) is 5.41 Å². The van der Waals surface area contributed by atoms with Crippen molar-refractivity contribution in [2.75, 3.05) is 26.7 Å². The van der Waals surface area contributed by atoms with Crippen molar-refractivity contribution in [2.24, 2.45) is 16.3 Å². The second kappa shape index (κ2) is 10.7. The highest BCUT2D eigenvalue weighted by molar-refractivity contribution is 6.13. The van der Waals surface area contributed by atoms with Crippen molar-refractivity contribution in [1.82, 2.24) is 15.2 Å². The van der Waals surface area contributed by atoms with E-state index in [0.29, 0.717) is 25.1 Å². The molecule has 0 saturated carbocycles. The molecule has 5 rings (SSSR count). The minimum Gasteiger partial charge on any atom is -0.490 e. The van der Waals surface area contributed by atoms with E-state index in [0.717, 1.165) is 22.0 Å². The van der Waals surface area contributed by atoms with E-state index in [1.54, 1.807) is 25.8 Å². The summed E-state index contributed by atoms with van der Waals surface area (Å²) >= 11 is 0. The number of nitrogens with two attached hydrogens (primary N) is 1. The Morgan fingerprint density at radius 1 is 1.07 bits per heavy atom. The van der Waals surface area contributed by atoms with Gasteiger partial charge in [-0.15, -0.1) is 0 Å². The first-order valence-electron chi connectivity index (χ1n) is 13.5. The molecule has 3 aromatic rings. The average Bonchev–Trinajstić information content (AvgIpc) is 3.19. The van der Waals surface area contributed by atoms with Gasteiger partial charge in [0.2, 0.25) is 11.8 Å². The molecule has 1 fully saturated rings. The molecule has 1 saturated heterocycles. The Labute approximate surface area is 234 Å². The van der Waals surface area contributed by atoms with Gasteiger partial charge in [0, 0.05) is 31.9 Å². The topological polar surface area (TPSA) is 117 Å². The fourth-order valence-corrected chi connectivity index (χ4v) is 5.45. The van der Waals surface area contributed by atoms with E-state index in [1.165, 1.54) is 5.01 Å². The van der Waals surface area contributed by atoms with Crippen LogP contribution in [0.15, 0.2) is 77.9 Å². The largest absolute Gasteiger partial charge is 0.490 e. The van der Waals surface area contributed by atoms with Crippen molar-refractivity contribution in [3.8, 4) is 5.75 Å². The van der Waals surface area contributed by atoms with Crippen LogP contribution in [-0.2, 0) is 20.8 Å². The molecule has 0 spiro atoms. The van der Waals surface area contributed by atoms with Gasteiger partial charge in [-0.3, -0.25) is 14.4 Å². The van der Waals surface area contributed by atoms with Crippen LogP contribution in [0.1, 0.15) is 25.8 Å². The number of carbonyl (C=O) groups is 3. The van der Waals surface area contributed by atoms with E-state index in [9.17, 15) is 14.4 Å². The summed E-state index contributed by atoms with van der Waals surface area (Å²) in [5.41, 5.74) is 5.67. The predicted octanol–water partition coefficient (Wildman–Crippen LogP) is 2.73. The summed E-state index contributed by atoms with van der Waals surface area (Å²) in [6.45, 7) is 3.62. The van der Waals surface area contributed by atoms with Crippen LogP contribution in [-0.4, -0.2) is 71.7 Å². The molecule has 40 heavy (non-hydrogen) atoms. The molecule has 0 bridgehead atoms. The summed E-state index contributed by atoms with van der Waals surface area (Å²) in [7, 11) is 1.65. The lowest BCUT2D eigenvalue weighted by atomic mass is 9.73. The third-order valence-corrected chi connectivity index (χ3v) is 7.61. The number of carbonyl (C=O) groups excluding carboxylic acids is 3. The summed E-state index contributed by atoms with van der Waals surface area (Å²) in [5, 5.41) is 10.6. The minimum atomic E-state index is -1.20. The number of piperidine rings is 1. The highest BCUT2D eigenvalue weighted by Gasteiger charge is 2.54. The number of ether oxygens (including phenoxy) is 1. The zero-order valence-electron chi connectivity index (χ0n) is 23.1. The number of likely N-dealkylation sites (tertiary alicyclic amines) is 1. The highest BCUT2D eigenvalue weighted by Crippen LogP contribution is 2.38. The molecule has 3 aromatic carbocycles. The Bertz CT molecular complexity index is 1460. The number of hydrogen-bond acceptors (Lipinski definition) is 6. The van der Waals surface area contributed by atoms with Crippen LogP contribution in [0.3, 0.4) is 0 Å². The van der Waals surface area contributed by atoms with Crippen LogP contribution in [0.25, 0.3) is 10.8 Å². The third-order valence-electron chi connectivity index (χ3n) is 7.61. The number of benzene rings is 3. The number of amides is 3. The molecule has 9 heteroatoms. The molecule has 2 atom stereocenters. The van der Waals surface area contributed by atoms with Gasteiger partial charge in [-0.05, 0) is 37.3 Å². The summed E-state index contributed by atoms with van der Waals surface area (Å²) in [6, 6.07) is 22.3. The van der Waals surface area contributed by atoms with Gasteiger partial charge >= 0.3 is 0 Å². The van der Waals surface area contributed by atoms with Gasteiger partial charge in [-0.2, -0.15) is 5.10 Å². The number of hydrazone groups is 1. The van der Waals surface area contributed by atoms with E-state index in [1.807, 2.05) is 72.8 Å². The first kappa shape index (κ1) is 27.3. The van der Waals surface area contributed by atoms with Crippen molar-refractivity contribution in [3.05, 3.63) is 78.4 Å². The van der Waals surface area contributed by atoms with E-state index < -0.39 is 22.9 Å². The number of hydrogen-bond donors (Lipinski definition) is 2. The van der Waals surface area contributed by atoms with E-state index in [2.05, 4.69) is 10.4 Å². The van der Waals surface area contributed by atoms with E-state index in [4.69, 9.17) is 10.5 Å². The molecule has 2 heterocycles. The smallest absolute Gasteiger partial charge is 0.256 e. The van der Waals surface area contributed by atoms with Crippen LogP contribution in [0.2, 0.25) is 0 Å². The quantitative estimate of drug-likeness (QED) is 0.455. The van der Waals surface area contributed by atoms with Crippen LogP contribution >= 0.6 is 0 Å². The number of nitrogens with zero attached hydrogens (tertiary/aromatic N) is 3. The summed E-state index contributed by atoms with van der Waals surface area (Å²) in [4.78, 5) is 42.1. The molecular weight excluding hydrogens is 506 g/mol. The second-order valence-electron chi connectivity index (χ2n) is 11.2. The van der Waals surface area contributed by atoms with E-state index >= 15 is 0 Å². The van der Waals surface area contributed by atoms with Gasteiger partial charge < -0.3 is 20.7 Å². The maximum absolute atomic E-state index is 14.0. The molecule has 2 unspecified atom stereocenters. The molecule has 2 aliphatic rings. The molecule has 3 amide bonds. The molecule has 0 aromatic heterocycles. The van der Waals surface area contributed by atoms with Crippen molar-refractivity contribution in [2.45, 2.75) is 38.3 Å². The molecule has 2 aliphatic heterocycles. The maximum Gasteiger partial charge on any atom is 0.256 e. The first-order valence-corrected chi connectivity index (χ1v) is 13.5. The van der Waals surface area contributed by atoms with Crippen molar-refractivity contribution < 1.29 is 19.1 Å². The SMILES string of the molecule is CN1N=C2CCN(C(=O)C(COc3cccc4ccccc34)NC(=O)C(C)(C)N)CC2(Cc2ccccc2)C1=O. The molecular formula is C31H35N5O4. The van der Waals surface area contributed by atoms with Crippen LogP contribution < -0.4 is 15.8 Å². The van der Waals surface area contributed by atoms with Gasteiger partial charge in [0.25, 0.3) is 5.91 Å². The Balaban J connectivity index is 1.41. The lowest BCUT2D eigenvalue weighted by Crippen LogP contribution is -2.62. The maximum atomic E-state index is 14.0. The van der Waals surface area contributed by atoms with Crippen molar-refractivity contribution in [1.29, 1.82) is 0 Å². The van der Waals surface area contributed by atoms with Gasteiger partial charge in [-0.1, -0.05) is 66.7 Å². The summed E-state index contributed by atoms with van der Waals surface area (Å²) in [6.07, 6.45) is 0.890. The minimum absolute atomic E-state index is 0.0916. The van der Waals surface area contributed by atoms with Crippen LogP contribution in [0.5, 0.6) is 5.75 Å². The van der Waals surface area contributed by atoms with Crippen molar-refractivity contribution >= 4 is 34.2 Å². The second-order valence-corrected chi connectivity index (χ2v) is 11.2. The molecule has 3 N–H and O–H groups in total. The molecule has 0 radical (unpaired) electrons. The molecule has 208 valence electrons. The zero-order valence-corrected chi connectivity index (χ0v) is 23.1. The Morgan fingerprint density at radius 2 is 1.77 bits per heavy atom. The third kappa shape index (κ3) is 5.29. The average molecular weight is 542 g/mol. The fraction of sp³-hybridized carbons (Fsp3) is 0.355. The number of fused-ring (bicyclic) bond motifs is 2. The highest BCUT2D eigenvalue weighted by atomic mass is 16.5. The summed E-state index contributed by atoms with van der Waals surface area (Å²) in [5.74, 6) is -0.327. The number of nitrogens with one attached hydrogen (secondary N) is 1. The monoisotopic (exact) mass is 541 g/mol. The Hall–Kier alpha value is -4.24. The first-order chi connectivity index (χ1) is 19.1. The fourth-order valence-electron chi connectivity index (χ4n) is 5.45.